The number of anilines is 1. The van der Waals surface area contributed by atoms with Crippen molar-refractivity contribution in [3.63, 3.8) is 0 Å². The van der Waals surface area contributed by atoms with E-state index in [9.17, 15) is 4.79 Å². The van der Waals surface area contributed by atoms with Gasteiger partial charge in [0.05, 0.1) is 5.41 Å². The largest absolute Gasteiger partial charge is 0.406 e. The summed E-state index contributed by atoms with van der Waals surface area (Å²) in [4.78, 5) is 25.8. The summed E-state index contributed by atoms with van der Waals surface area (Å²) >= 11 is 0. The SMILES string of the molecule is CC1CCC(Cn2c(C3(c4ccccc4)CCC3)nc3nc(C(=N)OC=O)nc(N[C@H](C)C4CCC4)c32)CC1. The highest BCUT2D eigenvalue weighted by molar-refractivity contribution is 5.95. The van der Waals surface area contributed by atoms with E-state index in [4.69, 9.17) is 25.1 Å². The zero-order valence-electron chi connectivity index (χ0n) is 23.2. The molecule has 6 rings (SSSR count). The van der Waals surface area contributed by atoms with Crippen molar-refractivity contribution in [3.05, 3.63) is 47.5 Å². The molecular weight excluding hydrogens is 488 g/mol. The van der Waals surface area contributed by atoms with Crippen LogP contribution in [-0.4, -0.2) is 37.9 Å². The second kappa shape index (κ2) is 10.7. The lowest BCUT2D eigenvalue weighted by atomic mass is 9.63. The molecule has 8 nitrogen and oxygen atoms in total. The van der Waals surface area contributed by atoms with Crippen molar-refractivity contribution < 1.29 is 9.53 Å². The Bertz CT molecular complexity index is 1340. The fourth-order valence-electron chi connectivity index (χ4n) is 6.85. The van der Waals surface area contributed by atoms with Gasteiger partial charge in [-0.1, -0.05) is 62.9 Å². The summed E-state index contributed by atoms with van der Waals surface area (Å²) in [5, 5.41) is 12.0. The van der Waals surface area contributed by atoms with Crippen LogP contribution in [0.4, 0.5) is 5.82 Å². The number of benzene rings is 1. The molecule has 3 aromatic rings. The monoisotopic (exact) mass is 528 g/mol. The minimum absolute atomic E-state index is 0.0861. The lowest BCUT2D eigenvalue weighted by Gasteiger charge is -2.42. The summed E-state index contributed by atoms with van der Waals surface area (Å²) in [6.07, 6.45) is 11.9. The number of nitrogens with one attached hydrogen (secondary N) is 2. The van der Waals surface area contributed by atoms with E-state index < -0.39 is 0 Å². The highest BCUT2D eigenvalue weighted by Gasteiger charge is 2.45. The van der Waals surface area contributed by atoms with Crippen LogP contribution in [0.15, 0.2) is 30.3 Å². The van der Waals surface area contributed by atoms with E-state index >= 15 is 0 Å². The van der Waals surface area contributed by atoms with Crippen LogP contribution in [0.1, 0.15) is 95.3 Å². The lowest BCUT2D eigenvalue weighted by molar-refractivity contribution is -0.121. The average Bonchev–Trinajstić information content (AvgIpc) is 3.23. The summed E-state index contributed by atoms with van der Waals surface area (Å²) in [6, 6.07) is 11.0. The van der Waals surface area contributed by atoms with E-state index in [-0.39, 0.29) is 29.7 Å². The molecule has 2 heterocycles. The summed E-state index contributed by atoms with van der Waals surface area (Å²) in [5.74, 6) is 3.45. The number of aromatic nitrogens is 4. The molecule has 1 atom stereocenters. The first kappa shape index (κ1) is 26.0. The highest BCUT2D eigenvalue weighted by Crippen LogP contribution is 2.50. The van der Waals surface area contributed by atoms with Crippen molar-refractivity contribution in [1.29, 1.82) is 5.41 Å². The Kier molecular flexibility index (Phi) is 7.12. The van der Waals surface area contributed by atoms with Crippen molar-refractivity contribution in [1.82, 2.24) is 19.5 Å². The second-order valence-electron chi connectivity index (χ2n) is 12.2. The first-order valence-electron chi connectivity index (χ1n) is 14.8. The molecule has 0 bridgehead atoms. The van der Waals surface area contributed by atoms with Crippen LogP contribution in [-0.2, 0) is 21.5 Å². The molecule has 3 saturated carbocycles. The summed E-state index contributed by atoms with van der Waals surface area (Å²) in [5.41, 5.74) is 2.63. The van der Waals surface area contributed by atoms with Gasteiger partial charge in [0.25, 0.3) is 12.4 Å². The molecule has 39 heavy (non-hydrogen) atoms. The molecule has 0 aliphatic heterocycles. The Balaban J connectivity index is 1.52. The first-order chi connectivity index (χ1) is 19.0. The normalized spacial score (nSPS) is 23.4. The molecule has 206 valence electrons. The van der Waals surface area contributed by atoms with Crippen LogP contribution in [0.3, 0.4) is 0 Å². The van der Waals surface area contributed by atoms with Gasteiger partial charge in [0.2, 0.25) is 5.82 Å². The minimum Gasteiger partial charge on any atom is -0.406 e. The molecule has 0 amide bonds. The predicted octanol–water partition coefficient (Wildman–Crippen LogP) is 6.22. The maximum Gasteiger partial charge on any atom is 0.299 e. The fraction of sp³-hybridized carbons (Fsp3) is 0.581. The van der Waals surface area contributed by atoms with Gasteiger partial charge in [-0.2, -0.15) is 0 Å². The third-order valence-corrected chi connectivity index (χ3v) is 9.73. The van der Waals surface area contributed by atoms with Gasteiger partial charge < -0.3 is 14.6 Å². The van der Waals surface area contributed by atoms with E-state index in [2.05, 4.69) is 54.1 Å². The van der Waals surface area contributed by atoms with Crippen molar-refractivity contribution in [2.45, 2.75) is 96.1 Å². The molecule has 2 aromatic heterocycles. The number of nitrogens with zero attached hydrogens (tertiary/aromatic N) is 4. The average molecular weight is 529 g/mol. The predicted molar refractivity (Wildman–Crippen MR) is 152 cm³/mol. The fourth-order valence-corrected chi connectivity index (χ4v) is 6.85. The Labute approximate surface area is 230 Å². The van der Waals surface area contributed by atoms with Crippen LogP contribution in [0, 0.1) is 23.2 Å². The van der Waals surface area contributed by atoms with Gasteiger partial charge in [0.15, 0.2) is 11.5 Å². The molecule has 0 saturated heterocycles. The molecule has 0 unspecified atom stereocenters. The number of hydrogen-bond donors (Lipinski definition) is 2. The van der Waals surface area contributed by atoms with Gasteiger partial charge in [-0.05, 0) is 68.8 Å². The molecule has 0 spiro atoms. The third kappa shape index (κ3) is 4.83. The third-order valence-electron chi connectivity index (χ3n) is 9.73. The summed E-state index contributed by atoms with van der Waals surface area (Å²) < 4.78 is 7.29. The molecule has 3 fully saturated rings. The topological polar surface area (TPSA) is 106 Å². The van der Waals surface area contributed by atoms with Crippen LogP contribution in [0.2, 0.25) is 0 Å². The van der Waals surface area contributed by atoms with E-state index in [1.807, 2.05) is 0 Å². The van der Waals surface area contributed by atoms with Crippen molar-refractivity contribution in [3.8, 4) is 0 Å². The number of rotatable bonds is 9. The minimum atomic E-state index is -0.356. The maximum atomic E-state index is 11.0. The smallest absolute Gasteiger partial charge is 0.299 e. The number of fused-ring (bicyclic) bond motifs is 1. The Morgan fingerprint density at radius 2 is 1.85 bits per heavy atom. The highest BCUT2D eigenvalue weighted by atomic mass is 16.5. The van der Waals surface area contributed by atoms with Crippen molar-refractivity contribution in [2.24, 2.45) is 17.8 Å². The van der Waals surface area contributed by atoms with Gasteiger partial charge in [0.1, 0.15) is 11.3 Å². The quantitative estimate of drug-likeness (QED) is 0.194. The Hall–Kier alpha value is -3.29. The number of ether oxygens (including phenoxy) is 1. The first-order valence-corrected chi connectivity index (χ1v) is 14.8. The molecular formula is C31H40N6O2. The number of hydrogen-bond acceptors (Lipinski definition) is 7. The van der Waals surface area contributed by atoms with Crippen LogP contribution >= 0.6 is 0 Å². The van der Waals surface area contributed by atoms with Crippen LogP contribution < -0.4 is 5.32 Å². The van der Waals surface area contributed by atoms with Crippen molar-refractivity contribution in [2.75, 3.05) is 5.32 Å². The standard InChI is InChI=1S/C31H40N6O2/c1-20-12-14-22(15-13-20)18-37-25-27(33-21(2)23-8-6-9-23)34-29(26(32)39-19-38)35-28(25)36-30(37)31(16-7-17-31)24-10-4-3-5-11-24/h3-5,10-11,19-23,32H,6-9,12-18H2,1-2H3,(H,33,34,35)/t20?,21-,22?/m1/s1. The zero-order valence-corrected chi connectivity index (χ0v) is 23.2. The maximum absolute atomic E-state index is 11.0. The van der Waals surface area contributed by atoms with E-state index in [0.29, 0.717) is 23.3 Å². The molecule has 3 aliphatic carbocycles. The molecule has 2 N–H and O–H groups in total. The molecule has 8 heteroatoms. The zero-order chi connectivity index (χ0) is 27.0. The van der Waals surface area contributed by atoms with Gasteiger partial charge in [-0.15, -0.1) is 0 Å². The van der Waals surface area contributed by atoms with E-state index in [1.54, 1.807) is 0 Å². The van der Waals surface area contributed by atoms with E-state index in [0.717, 1.165) is 43.1 Å². The van der Waals surface area contributed by atoms with Gasteiger partial charge in [0, 0.05) is 12.6 Å². The second-order valence-corrected chi connectivity index (χ2v) is 12.2. The Morgan fingerprint density at radius 1 is 1.10 bits per heavy atom. The molecule has 3 aliphatic rings. The number of imidazole rings is 1. The van der Waals surface area contributed by atoms with Crippen LogP contribution in [0.25, 0.3) is 11.2 Å². The van der Waals surface area contributed by atoms with Gasteiger partial charge >= 0.3 is 0 Å². The molecule has 0 radical (unpaired) electrons. The van der Waals surface area contributed by atoms with Crippen LogP contribution in [0.5, 0.6) is 0 Å². The molecule has 1 aromatic carbocycles. The Morgan fingerprint density at radius 3 is 2.46 bits per heavy atom. The lowest BCUT2D eigenvalue weighted by Crippen LogP contribution is -2.39. The van der Waals surface area contributed by atoms with Gasteiger partial charge in [-0.3, -0.25) is 10.2 Å². The number of carbonyl (C=O) groups excluding carboxylic acids is 1. The van der Waals surface area contributed by atoms with Crippen molar-refractivity contribution >= 4 is 29.4 Å². The summed E-state index contributed by atoms with van der Waals surface area (Å²) in [7, 11) is 0. The van der Waals surface area contributed by atoms with Gasteiger partial charge in [-0.25, -0.2) is 15.0 Å². The summed E-state index contributed by atoms with van der Waals surface area (Å²) in [6.45, 7) is 5.73. The number of carbonyl (C=O) groups is 1. The van der Waals surface area contributed by atoms with E-state index in [1.165, 1.54) is 50.5 Å².